The predicted octanol–water partition coefficient (Wildman–Crippen LogP) is 3.18. The number of hydrogen-bond donors (Lipinski definition) is 1. The molecule has 0 radical (unpaired) electrons. The van der Waals surface area contributed by atoms with Crippen molar-refractivity contribution in [2.24, 2.45) is 5.41 Å². The zero-order valence-electron chi connectivity index (χ0n) is 18.0. The smallest absolute Gasteiger partial charge is 0.341 e. The number of pyridine rings is 2. The number of carbonyl (C=O) groups is 1. The minimum atomic E-state index is -1.24. The molecule has 3 rings (SSSR count). The van der Waals surface area contributed by atoms with Crippen LogP contribution in [0.2, 0.25) is 0 Å². The van der Waals surface area contributed by atoms with Gasteiger partial charge in [0, 0.05) is 38.4 Å². The molecule has 1 N–H and O–H groups in total. The predicted molar refractivity (Wildman–Crippen MR) is 112 cm³/mol. The van der Waals surface area contributed by atoms with Gasteiger partial charge in [-0.3, -0.25) is 4.79 Å². The zero-order valence-corrected chi connectivity index (χ0v) is 18.0. The molecule has 30 heavy (non-hydrogen) atoms. The third-order valence-corrected chi connectivity index (χ3v) is 5.28. The van der Waals surface area contributed by atoms with Gasteiger partial charge in [-0.25, -0.2) is 9.78 Å². The Kier molecular flexibility index (Phi) is 6.17. The molecule has 1 unspecified atom stereocenters. The van der Waals surface area contributed by atoms with Crippen molar-refractivity contribution in [3.63, 3.8) is 0 Å². The number of carboxylic acid groups (broad SMARTS) is 1. The van der Waals surface area contributed by atoms with Gasteiger partial charge in [0.15, 0.2) is 11.2 Å². The topological polar surface area (TPSA) is 99.9 Å². The average molecular weight is 416 g/mol. The number of ether oxygens (including phenoxy) is 3. The van der Waals surface area contributed by atoms with Crippen LogP contribution in [0.15, 0.2) is 23.1 Å². The second kappa shape index (κ2) is 8.47. The minimum absolute atomic E-state index is 0.0600. The van der Waals surface area contributed by atoms with E-state index >= 15 is 0 Å². The summed E-state index contributed by atoms with van der Waals surface area (Å²) in [5, 5.41) is 9.42. The lowest BCUT2D eigenvalue weighted by molar-refractivity contribution is 0.0693. The highest BCUT2D eigenvalue weighted by Crippen LogP contribution is 2.44. The van der Waals surface area contributed by atoms with E-state index in [-0.39, 0.29) is 17.0 Å². The molecule has 0 aromatic carbocycles. The third-order valence-electron chi connectivity index (χ3n) is 5.28. The van der Waals surface area contributed by atoms with Crippen LogP contribution in [0, 0.1) is 5.41 Å². The van der Waals surface area contributed by atoms with Crippen LogP contribution >= 0.6 is 0 Å². The highest BCUT2D eigenvalue weighted by Gasteiger charge is 2.35. The van der Waals surface area contributed by atoms with Gasteiger partial charge in [0.05, 0.1) is 25.1 Å². The van der Waals surface area contributed by atoms with Crippen molar-refractivity contribution in [1.29, 1.82) is 0 Å². The van der Waals surface area contributed by atoms with Gasteiger partial charge >= 0.3 is 5.97 Å². The van der Waals surface area contributed by atoms with Gasteiger partial charge in [-0.2, -0.15) is 0 Å². The second-order valence-corrected chi connectivity index (χ2v) is 8.43. The van der Waals surface area contributed by atoms with Crippen LogP contribution in [0.25, 0.3) is 11.4 Å². The monoisotopic (exact) mass is 416 g/mol. The summed E-state index contributed by atoms with van der Waals surface area (Å²) < 4.78 is 18.2. The first-order chi connectivity index (χ1) is 14.2. The highest BCUT2D eigenvalue weighted by atomic mass is 16.5. The van der Waals surface area contributed by atoms with Gasteiger partial charge in [0.25, 0.3) is 5.88 Å². The van der Waals surface area contributed by atoms with E-state index in [1.165, 1.54) is 19.4 Å². The first kappa shape index (κ1) is 21.8. The maximum Gasteiger partial charge on any atom is 0.341 e. The van der Waals surface area contributed by atoms with Crippen LogP contribution in [0.5, 0.6) is 11.6 Å². The van der Waals surface area contributed by atoms with E-state index in [1.807, 2.05) is 10.6 Å². The molecule has 1 atom stereocenters. The molecular weight excluding hydrogens is 388 g/mol. The number of aromatic carboxylic acids is 1. The van der Waals surface area contributed by atoms with Gasteiger partial charge in [-0.15, -0.1) is 0 Å². The summed E-state index contributed by atoms with van der Waals surface area (Å²) in [6, 6.07) is 3.20. The standard InChI is InChI=1S/C22H28N2O6/c1-22(2,3)18-10-13-9-17(30-8-6-7-28-4)20(29-5)23-19(13)15-11-16(25)14(21(26)27)12-24(15)18/h9,11-12,18H,6-8,10H2,1-5H3,(H,26,27). The average Bonchev–Trinajstić information content (AvgIpc) is 2.68. The van der Waals surface area contributed by atoms with Gasteiger partial charge in [-0.05, 0) is 23.5 Å². The minimum Gasteiger partial charge on any atom is -0.488 e. The van der Waals surface area contributed by atoms with Crippen LogP contribution in [-0.4, -0.2) is 48.1 Å². The Bertz CT molecular complexity index is 1010. The SMILES string of the molecule is COCCCOc1cc2c(nc1OC)-c1cc(=O)c(C(=O)O)cn1C(C(C)(C)C)C2. The molecule has 0 saturated carbocycles. The Balaban J connectivity index is 2.14. The second-order valence-electron chi connectivity index (χ2n) is 8.43. The van der Waals surface area contributed by atoms with E-state index in [1.54, 1.807) is 7.11 Å². The fourth-order valence-electron chi connectivity index (χ4n) is 3.72. The molecule has 0 aliphatic carbocycles. The quantitative estimate of drug-likeness (QED) is 0.692. The Morgan fingerprint density at radius 2 is 2.00 bits per heavy atom. The Morgan fingerprint density at radius 3 is 2.60 bits per heavy atom. The number of nitrogens with zero attached hydrogens (tertiary/aromatic N) is 2. The molecule has 0 saturated heterocycles. The Labute approximate surface area is 175 Å². The number of methoxy groups -OCH3 is 2. The van der Waals surface area contributed by atoms with Gasteiger partial charge in [-0.1, -0.05) is 20.8 Å². The lowest BCUT2D eigenvalue weighted by Gasteiger charge is -2.38. The van der Waals surface area contributed by atoms with Gasteiger partial charge < -0.3 is 23.9 Å². The summed E-state index contributed by atoms with van der Waals surface area (Å²) in [7, 11) is 3.15. The Morgan fingerprint density at radius 1 is 1.27 bits per heavy atom. The molecule has 2 aromatic rings. The van der Waals surface area contributed by atoms with Crippen LogP contribution in [0.1, 0.15) is 49.2 Å². The van der Waals surface area contributed by atoms with Crippen molar-refractivity contribution in [1.82, 2.24) is 9.55 Å². The fourth-order valence-corrected chi connectivity index (χ4v) is 3.72. The Hall–Kier alpha value is -2.87. The molecule has 0 fully saturated rings. The number of hydrogen-bond acceptors (Lipinski definition) is 6. The number of fused-ring (bicyclic) bond motifs is 3. The first-order valence-electron chi connectivity index (χ1n) is 9.87. The number of carboxylic acids is 1. The van der Waals surface area contributed by atoms with Crippen LogP contribution in [0.4, 0.5) is 0 Å². The lowest BCUT2D eigenvalue weighted by Crippen LogP contribution is -2.33. The summed E-state index contributed by atoms with van der Waals surface area (Å²) in [6.45, 7) is 7.32. The molecule has 0 amide bonds. The van der Waals surface area contributed by atoms with Crippen molar-refractivity contribution < 1.29 is 24.1 Å². The van der Waals surface area contributed by atoms with Crippen molar-refractivity contribution in [3.8, 4) is 23.0 Å². The van der Waals surface area contributed by atoms with Crippen LogP contribution < -0.4 is 14.9 Å². The summed E-state index contributed by atoms with van der Waals surface area (Å²) >= 11 is 0. The molecule has 0 bridgehead atoms. The van der Waals surface area contributed by atoms with E-state index in [4.69, 9.17) is 14.2 Å². The van der Waals surface area contributed by atoms with Crippen molar-refractivity contribution in [3.05, 3.63) is 39.7 Å². The summed E-state index contributed by atoms with van der Waals surface area (Å²) in [6.07, 6.45) is 2.79. The molecule has 1 aliphatic rings. The van der Waals surface area contributed by atoms with E-state index < -0.39 is 11.4 Å². The lowest BCUT2D eigenvalue weighted by atomic mass is 9.80. The molecule has 1 aliphatic heterocycles. The molecule has 8 heteroatoms. The third kappa shape index (κ3) is 4.18. The van der Waals surface area contributed by atoms with Crippen LogP contribution in [-0.2, 0) is 11.2 Å². The van der Waals surface area contributed by atoms with E-state index in [2.05, 4.69) is 25.8 Å². The number of aromatic nitrogens is 2. The number of rotatable bonds is 7. The van der Waals surface area contributed by atoms with Crippen molar-refractivity contribution in [2.45, 2.75) is 39.7 Å². The fraction of sp³-hybridized carbons (Fsp3) is 0.500. The molecule has 162 valence electrons. The molecule has 0 spiro atoms. The molecule has 8 nitrogen and oxygen atoms in total. The zero-order chi connectivity index (χ0) is 22.1. The highest BCUT2D eigenvalue weighted by molar-refractivity contribution is 5.87. The maximum atomic E-state index is 12.4. The summed E-state index contributed by atoms with van der Waals surface area (Å²) in [5.41, 5.74) is 1.13. The molecular formula is C22H28N2O6. The van der Waals surface area contributed by atoms with Crippen molar-refractivity contribution >= 4 is 5.97 Å². The van der Waals surface area contributed by atoms with Crippen LogP contribution in [0.3, 0.4) is 0 Å². The normalized spacial score (nSPS) is 15.3. The maximum absolute atomic E-state index is 12.4. The summed E-state index contributed by atoms with van der Waals surface area (Å²) in [4.78, 5) is 28.6. The van der Waals surface area contributed by atoms with E-state index in [0.717, 1.165) is 12.0 Å². The largest absolute Gasteiger partial charge is 0.488 e. The molecule has 3 heterocycles. The molecule has 2 aromatic heterocycles. The van der Waals surface area contributed by atoms with E-state index in [9.17, 15) is 14.7 Å². The first-order valence-corrected chi connectivity index (χ1v) is 9.87. The van der Waals surface area contributed by atoms with Crippen molar-refractivity contribution in [2.75, 3.05) is 27.4 Å². The van der Waals surface area contributed by atoms with E-state index in [0.29, 0.717) is 42.7 Å². The summed E-state index contributed by atoms with van der Waals surface area (Å²) in [5.74, 6) is -0.376. The van der Waals surface area contributed by atoms with Gasteiger partial charge in [0.2, 0.25) is 0 Å². The van der Waals surface area contributed by atoms with Gasteiger partial charge in [0.1, 0.15) is 5.56 Å².